The van der Waals surface area contributed by atoms with E-state index in [9.17, 15) is 4.79 Å². The van der Waals surface area contributed by atoms with Crippen LogP contribution in [0.25, 0.3) is 0 Å². The average molecular weight is 198 g/mol. The highest BCUT2D eigenvalue weighted by Gasteiger charge is 2.46. The lowest BCUT2D eigenvalue weighted by molar-refractivity contribution is -0.162. The van der Waals surface area contributed by atoms with Gasteiger partial charge in [0.05, 0.1) is 7.11 Å². The van der Waals surface area contributed by atoms with Gasteiger partial charge in [0.15, 0.2) is 0 Å². The van der Waals surface area contributed by atoms with Gasteiger partial charge in [0.1, 0.15) is 5.76 Å². The Morgan fingerprint density at radius 1 is 1.36 bits per heavy atom. The zero-order valence-electron chi connectivity index (χ0n) is 8.46. The molecule has 0 bridgehead atoms. The molecule has 14 heavy (non-hydrogen) atoms. The molecule has 0 N–H and O–H groups in total. The van der Waals surface area contributed by atoms with Crippen LogP contribution in [0.15, 0.2) is 11.5 Å². The summed E-state index contributed by atoms with van der Waals surface area (Å²) >= 11 is 0. The van der Waals surface area contributed by atoms with Crippen molar-refractivity contribution in [3.05, 3.63) is 11.5 Å². The molecule has 78 valence electrons. The van der Waals surface area contributed by atoms with Crippen molar-refractivity contribution in [2.75, 3.05) is 7.11 Å². The first kappa shape index (κ1) is 9.37. The lowest BCUT2D eigenvalue weighted by atomic mass is 10.2. The molecule has 1 fully saturated rings. The van der Waals surface area contributed by atoms with Crippen molar-refractivity contribution >= 4 is 5.97 Å². The van der Waals surface area contributed by atoms with Gasteiger partial charge in [-0.2, -0.15) is 0 Å². The van der Waals surface area contributed by atoms with Crippen LogP contribution < -0.4 is 0 Å². The van der Waals surface area contributed by atoms with Crippen LogP contribution in [-0.2, 0) is 19.0 Å². The molecule has 2 aliphatic rings. The van der Waals surface area contributed by atoms with Crippen molar-refractivity contribution in [3.63, 3.8) is 0 Å². The normalized spacial score (nSPS) is 23.6. The Labute approximate surface area is 82.8 Å². The van der Waals surface area contributed by atoms with Gasteiger partial charge in [-0.3, -0.25) is 0 Å². The van der Waals surface area contributed by atoms with Gasteiger partial charge in [-0.05, 0) is 19.8 Å². The van der Waals surface area contributed by atoms with Crippen LogP contribution in [0.4, 0.5) is 0 Å². The van der Waals surface area contributed by atoms with Gasteiger partial charge in [-0.1, -0.05) is 0 Å². The van der Waals surface area contributed by atoms with Crippen LogP contribution in [0.2, 0.25) is 0 Å². The van der Waals surface area contributed by atoms with E-state index in [1.165, 1.54) is 7.11 Å². The number of hydrogen-bond donors (Lipinski definition) is 0. The number of allylic oxidation sites excluding steroid dienone is 1. The number of carbonyl (C=O) groups excluding carboxylic acids is 1. The Bertz CT molecular complexity index is 286. The Morgan fingerprint density at radius 3 is 2.57 bits per heavy atom. The van der Waals surface area contributed by atoms with E-state index >= 15 is 0 Å². The molecule has 4 heteroatoms. The molecule has 4 nitrogen and oxygen atoms in total. The number of esters is 1. The number of carbonyl (C=O) groups is 1. The van der Waals surface area contributed by atoms with Crippen molar-refractivity contribution in [1.82, 2.24) is 0 Å². The van der Waals surface area contributed by atoms with Crippen molar-refractivity contribution in [2.24, 2.45) is 0 Å². The molecule has 1 saturated carbocycles. The lowest BCUT2D eigenvalue weighted by Gasteiger charge is -2.22. The molecule has 0 atom stereocenters. The van der Waals surface area contributed by atoms with Gasteiger partial charge in [0, 0.05) is 12.8 Å². The summed E-state index contributed by atoms with van der Waals surface area (Å²) in [7, 11) is 1.34. The van der Waals surface area contributed by atoms with Crippen molar-refractivity contribution in [1.29, 1.82) is 0 Å². The summed E-state index contributed by atoms with van der Waals surface area (Å²) in [5, 5.41) is 0. The Morgan fingerprint density at radius 2 is 2.00 bits per heavy atom. The van der Waals surface area contributed by atoms with Gasteiger partial charge in [-0.25, -0.2) is 4.79 Å². The molecule has 0 aromatic rings. The predicted octanol–water partition coefficient (Wildman–Crippen LogP) is 1.71. The standard InChI is InChI=1S/C10H14O4/c1-7-8(9(11)12-2)14-10(13-7)5-3-4-6-10/h3-6H2,1-2H3. The lowest BCUT2D eigenvalue weighted by Crippen LogP contribution is -2.27. The summed E-state index contributed by atoms with van der Waals surface area (Å²) in [5.74, 6) is -0.243. The number of hydrogen-bond acceptors (Lipinski definition) is 4. The summed E-state index contributed by atoms with van der Waals surface area (Å²) in [5.41, 5.74) is 0. The fraction of sp³-hybridized carbons (Fsp3) is 0.700. The zero-order valence-corrected chi connectivity index (χ0v) is 8.46. The number of rotatable bonds is 1. The van der Waals surface area contributed by atoms with Crippen molar-refractivity contribution in [2.45, 2.75) is 38.4 Å². The van der Waals surface area contributed by atoms with Gasteiger partial charge in [0.25, 0.3) is 5.79 Å². The van der Waals surface area contributed by atoms with E-state index in [0.717, 1.165) is 25.7 Å². The highest BCUT2D eigenvalue weighted by atomic mass is 16.7. The molecule has 0 radical (unpaired) electrons. The van der Waals surface area contributed by atoms with Crippen LogP contribution in [0.1, 0.15) is 32.6 Å². The van der Waals surface area contributed by atoms with Crippen molar-refractivity contribution in [3.8, 4) is 0 Å². The maximum atomic E-state index is 11.3. The maximum Gasteiger partial charge on any atom is 0.377 e. The highest BCUT2D eigenvalue weighted by molar-refractivity contribution is 5.87. The van der Waals surface area contributed by atoms with Crippen LogP contribution >= 0.6 is 0 Å². The van der Waals surface area contributed by atoms with Crippen LogP contribution in [0.5, 0.6) is 0 Å². The molecule has 0 amide bonds. The third-order valence-electron chi connectivity index (χ3n) is 2.68. The molecule has 0 saturated heterocycles. The van der Waals surface area contributed by atoms with Crippen molar-refractivity contribution < 1.29 is 19.0 Å². The third kappa shape index (κ3) is 1.35. The Balaban J connectivity index is 2.13. The SMILES string of the molecule is COC(=O)C1=C(C)OC2(CCCC2)O1. The minimum absolute atomic E-state index is 0.231. The molecular formula is C10H14O4. The second-order valence-electron chi connectivity index (χ2n) is 3.70. The minimum atomic E-state index is -0.562. The molecular weight excluding hydrogens is 184 g/mol. The quantitative estimate of drug-likeness (QED) is 0.601. The van der Waals surface area contributed by atoms with Crippen LogP contribution in [0, 0.1) is 0 Å². The largest absolute Gasteiger partial charge is 0.463 e. The van der Waals surface area contributed by atoms with E-state index in [-0.39, 0.29) is 5.76 Å². The summed E-state index contributed by atoms with van der Waals surface area (Å²) in [6.07, 6.45) is 3.87. The second kappa shape index (κ2) is 3.19. The predicted molar refractivity (Wildman–Crippen MR) is 48.1 cm³/mol. The van der Waals surface area contributed by atoms with Crippen LogP contribution in [0.3, 0.4) is 0 Å². The van der Waals surface area contributed by atoms with Gasteiger partial charge in [-0.15, -0.1) is 0 Å². The maximum absolute atomic E-state index is 11.3. The van der Waals surface area contributed by atoms with E-state index in [0.29, 0.717) is 5.76 Å². The molecule has 0 aromatic carbocycles. The van der Waals surface area contributed by atoms with Gasteiger partial charge in [0.2, 0.25) is 5.76 Å². The monoisotopic (exact) mass is 198 g/mol. The smallest absolute Gasteiger partial charge is 0.377 e. The van der Waals surface area contributed by atoms with E-state index in [1.54, 1.807) is 6.92 Å². The summed E-state index contributed by atoms with van der Waals surface area (Å²) in [6.45, 7) is 1.74. The highest BCUT2D eigenvalue weighted by Crippen LogP contribution is 2.42. The Hall–Kier alpha value is -1.19. The van der Waals surface area contributed by atoms with Gasteiger partial charge < -0.3 is 14.2 Å². The average Bonchev–Trinajstić information content (AvgIpc) is 2.74. The van der Waals surface area contributed by atoms with E-state index in [1.807, 2.05) is 0 Å². The summed E-state index contributed by atoms with van der Waals surface area (Å²) in [4.78, 5) is 11.3. The molecule has 2 rings (SSSR count). The molecule has 0 aromatic heterocycles. The number of ether oxygens (including phenoxy) is 3. The molecule has 1 spiro atoms. The minimum Gasteiger partial charge on any atom is -0.463 e. The van der Waals surface area contributed by atoms with Crippen LogP contribution in [-0.4, -0.2) is 18.9 Å². The second-order valence-corrected chi connectivity index (χ2v) is 3.70. The first-order valence-corrected chi connectivity index (χ1v) is 4.84. The molecule has 1 aliphatic carbocycles. The summed E-state index contributed by atoms with van der Waals surface area (Å²) in [6, 6.07) is 0. The first-order valence-electron chi connectivity index (χ1n) is 4.84. The topological polar surface area (TPSA) is 44.8 Å². The van der Waals surface area contributed by atoms with E-state index < -0.39 is 11.8 Å². The Kier molecular flexibility index (Phi) is 2.13. The number of methoxy groups -OCH3 is 1. The van der Waals surface area contributed by atoms with E-state index in [4.69, 9.17) is 9.47 Å². The third-order valence-corrected chi connectivity index (χ3v) is 2.68. The van der Waals surface area contributed by atoms with E-state index in [2.05, 4.69) is 4.74 Å². The first-order chi connectivity index (χ1) is 6.67. The van der Waals surface area contributed by atoms with Gasteiger partial charge >= 0.3 is 5.97 Å². The zero-order chi connectivity index (χ0) is 10.2. The molecule has 0 unspecified atom stereocenters. The fourth-order valence-corrected chi connectivity index (χ4v) is 2.00. The molecule has 1 heterocycles. The fourth-order valence-electron chi connectivity index (χ4n) is 2.00. The molecule has 1 aliphatic heterocycles. The summed E-state index contributed by atoms with van der Waals surface area (Å²) < 4.78 is 15.8.